The third-order valence-electron chi connectivity index (χ3n) is 7.58. The lowest BCUT2D eigenvalue weighted by atomic mass is 9.70. The van der Waals surface area contributed by atoms with Gasteiger partial charge in [-0.05, 0) is 52.7 Å². The van der Waals surface area contributed by atoms with Gasteiger partial charge in [0, 0.05) is 42.1 Å². The molecule has 1 aliphatic heterocycles. The Morgan fingerprint density at radius 2 is 1.80 bits per heavy atom. The highest BCUT2D eigenvalue weighted by Gasteiger charge is 2.56. The van der Waals surface area contributed by atoms with Crippen molar-refractivity contribution in [2.45, 2.75) is 58.8 Å². The van der Waals surface area contributed by atoms with Crippen molar-refractivity contribution in [3.63, 3.8) is 0 Å². The number of anilines is 1. The van der Waals surface area contributed by atoms with E-state index in [1.807, 2.05) is 0 Å². The van der Waals surface area contributed by atoms with Gasteiger partial charge in [0.15, 0.2) is 17.3 Å². The minimum Gasteiger partial charge on any atom is -0.507 e. The normalized spacial score (nSPS) is 18.6. The molecule has 4 N–H and O–H groups in total. The van der Waals surface area contributed by atoms with Gasteiger partial charge >= 0.3 is 0 Å². The van der Waals surface area contributed by atoms with Gasteiger partial charge in [0.1, 0.15) is 39.7 Å². The average Bonchev–Trinajstić information content (AvgIpc) is 3.22. The number of hydrogen-bond donors (Lipinski definition) is 4. The number of benzene rings is 2. The fraction of sp³-hybridized carbons (Fsp3) is 0.355. The Balaban J connectivity index is 1.41. The van der Waals surface area contributed by atoms with Crippen LogP contribution >= 0.6 is 0 Å². The third kappa shape index (κ3) is 5.29. The number of nitrogens with one attached hydrogen (secondary N) is 2. The molecular formula is C31H34N2O8. The van der Waals surface area contributed by atoms with Crippen LogP contribution in [0.15, 0.2) is 47.4 Å². The Morgan fingerprint density at radius 3 is 2.49 bits per heavy atom. The molecule has 0 aromatic heterocycles. The highest BCUT2D eigenvalue weighted by molar-refractivity contribution is 6.31. The van der Waals surface area contributed by atoms with Crippen molar-refractivity contribution >= 4 is 28.9 Å². The van der Waals surface area contributed by atoms with Crippen LogP contribution in [0.3, 0.4) is 0 Å². The predicted octanol–water partition coefficient (Wildman–Crippen LogP) is 4.37. The molecule has 41 heavy (non-hydrogen) atoms. The number of allylic oxidation sites excluding steroid dienone is 4. The second-order valence-corrected chi connectivity index (χ2v) is 10.4. The summed E-state index contributed by atoms with van der Waals surface area (Å²) in [6.45, 7) is 6.32. The minimum absolute atomic E-state index is 0.00549. The molecule has 4 rings (SSSR count). The number of unbranched alkanes of at least 4 members (excludes halogenated alkanes) is 2. The van der Waals surface area contributed by atoms with Crippen molar-refractivity contribution in [2.75, 3.05) is 19.0 Å². The van der Waals surface area contributed by atoms with Crippen molar-refractivity contribution < 1.29 is 38.9 Å². The molecule has 0 bridgehead atoms. The Labute approximate surface area is 238 Å². The number of phenols is 2. The number of carbonyl (C=O) groups is 4. The van der Waals surface area contributed by atoms with Gasteiger partial charge < -0.3 is 30.3 Å². The van der Waals surface area contributed by atoms with Gasteiger partial charge in [-0.1, -0.05) is 12.5 Å². The van der Waals surface area contributed by atoms with Crippen molar-refractivity contribution in [1.29, 1.82) is 0 Å². The molecule has 1 atom stereocenters. The summed E-state index contributed by atoms with van der Waals surface area (Å²) in [6.07, 6.45) is 3.65. The molecule has 0 saturated carbocycles. The number of methoxy groups -OCH3 is 1. The van der Waals surface area contributed by atoms with Gasteiger partial charge in [-0.3, -0.25) is 19.2 Å². The largest absolute Gasteiger partial charge is 0.507 e. The number of ether oxygens (including phenoxy) is 2. The molecule has 2 aliphatic rings. The van der Waals surface area contributed by atoms with E-state index in [-0.39, 0.29) is 45.4 Å². The van der Waals surface area contributed by atoms with Crippen LogP contribution in [0.2, 0.25) is 0 Å². The van der Waals surface area contributed by atoms with E-state index in [4.69, 9.17) is 9.47 Å². The van der Waals surface area contributed by atoms with E-state index in [1.165, 1.54) is 26.8 Å². The summed E-state index contributed by atoms with van der Waals surface area (Å²) in [6, 6.07) is 7.13. The summed E-state index contributed by atoms with van der Waals surface area (Å²) in [4.78, 5) is 51.4. The van der Waals surface area contributed by atoms with Crippen molar-refractivity contribution in [1.82, 2.24) is 5.32 Å². The molecule has 1 amide bonds. The van der Waals surface area contributed by atoms with E-state index in [0.29, 0.717) is 42.9 Å². The van der Waals surface area contributed by atoms with Crippen LogP contribution < -0.4 is 20.1 Å². The zero-order valence-electron chi connectivity index (χ0n) is 23.8. The first-order valence-corrected chi connectivity index (χ1v) is 13.4. The number of ketones is 3. The Morgan fingerprint density at radius 1 is 1.07 bits per heavy atom. The number of fused-ring (bicyclic) bond motifs is 3. The second-order valence-electron chi connectivity index (χ2n) is 10.4. The van der Waals surface area contributed by atoms with Gasteiger partial charge in [0.2, 0.25) is 5.91 Å². The minimum atomic E-state index is -1.55. The zero-order chi connectivity index (χ0) is 30.1. The van der Waals surface area contributed by atoms with Crippen LogP contribution in [0.25, 0.3) is 0 Å². The van der Waals surface area contributed by atoms with E-state index < -0.39 is 28.5 Å². The van der Waals surface area contributed by atoms with Crippen LogP contribution in [0.4, 0.5) is 5.69 Å². The fourth-order valence-electron chi connectivity index (χ4n) is 5.24. The van der Waals surface area contributed by atoms with Gasteiger partial charge in [-0.15, -0.1) is 0 Å². The number of Topliss-reactive ketones (excluding diaryl/α,β-unsaturated/α-hetero) is 2. The van der Waals surface area contributed by atoms with E-state index in [9.17, 15) is 29.4 Å². The van der Waals surface area contributed by atoms with Gasteiger partial charge in [-0.25, -0.2) is 0 Å². The molecule has 2 aromatic rings. The first-order valence-electron chi connectivity index (χ1n) is 13.4. The molecule has 0 saturated heterocycles. The monoisotopic (exact) mass is 562 g/mol. The number of rotatable bonds is 10. The molecule has 0 radical (unpaired) electrons. The molecule has 1 unspecified atom stereocenters. The summed E-state index contributed by atoms with van der Waals surface area (Å²) in [5.41, 5.74) is -0.627. The standard InChI is InChI=1S/C31H34N2O8/c1-16-27(37)25(18(3)34)29-26(28(16)38)31(4)22(41-29)15-21(35)24(30(31)39)17(2)32-13-8-6-7-12-23(36)33-19-10-9-11-20(14-19)40-5/h9-11,14-15,32,37-38H,6-8,12-13H2,1-5H3,(H,33,36)/b24-17+. The maximum Gasteiger partial charge on any atom is 0.224 e. The Bertz CT molecular complexity index is 1520. The van der Waals surface area contributed by atoms with Crippen molar-refractivity contribution in [2.24, 2.45) is 0 Å². The maximum absolute atomic E-state index is 13.8. The van der Waals surface area contributed by atoms with Crippen LogP contribution in [0, 0.1) is 6.92 Å². The number of carbonyl (C=O) groups excluding carboxylic acids is 4. The zero-order valence-corrected chi connectivity index (χ0v) is 23.8. The highest BCUT2D eigenvalue weighted by Crippen LogP contribution is 2.57. The second kappa shape index (κ2) is 11.5. The first kappa shape index (κ1) is 29.4. The van der Waals surface area contributed by atoms with E-state index in [2.05, 4.69) is 10.6 Å². The molecule has 10 heteroatoms. The summed E-state index contributed by atoms with van der Waals surface area (Å²) >= 11 is 0. The van der Waals surface area contributed by atoms with Crippen molar-refractivity contribution in [3.05, 3.63) is 64.1 Å². The number of hydrogen-bond acceptors (Lipinski definition) is 9. The lowest BCUT2D eigenvalue weighted by Gasteiger charge is -2.29. The molecule has 0 spiro atoms. The molecule has 1 aliphatic carbocycles. The summed E-state index contributed by atoms with van der Waals surface area (Å²) in [5.74, 6) is -1.99. The van der Waals surface area contributed by atoms with E-state index >= 15 is 0 Å². The van der Waals surface area contributed by atoms with Crippen LogP contribution in [-0.4, -0.2) is 47.1 Å². The highest BCUT2D eigenvalue weighted by atomic mass is 16.5. The molecule has 10 nitrogen and oxygen atoms in total. The topological polar surface area (TPSA) is 151 Å². The van der Waals surface area contributed by atoms with Gasteiger partial charge in [0.05, 0.1) is 18.2 Å². The molecule has 2 aromatic carbocycles. The Hall–Kier alpha value is -4.60. The van der Waals surface area contributed by atoms with Gasteiger partial charge in [0.25, 0.3) is 0 Å². The summed E-state index contributed by atoms with van der Waals surface area (Å²) in [7, 11) is 1.56. The maximum atomic E-state index is 13.8. The quantitative estimate of drug-likeness (QED) is 0.143. The van der Waals surface area contributed by atoms with E-state index in [0.717, 1.165) is 6.42 Å². The van der Waals surface area contributed by atoms with E-state index in [1.54, 1.807) is 38.3 Å². The lowest BCUT2D eigenvalue weighted by Crippen LogP contribution is -2.41. The van der Waals surface area contributed by atoms with Gasteiger partial charge in [-0.2, -0.15) is 0 Å². The molecule has 216 valence electrons. The average molecular weight is 563 g/mol. The Kier molecular flexibility index (Phi) is 8.23. The summed E-state index contributed by atoms with van der Waals surface area (Å²) in [5, 5.41) is 27.4. The van der Waals surface area contributed by atoms with Crippen LogP contribution in [-0.2, 0) is 19.8 Å². The third-order valence-corrected chi connectivity index (χ3v) is 7.58. The number of amides is 1. The number of aromatic hydroxyl groups is 2. The number of phenolic OH excluding ortho intramolecular Hbond substituents is 2. The fourth-order valence-corrected chi connectivity index (χ4v) is 5.24. The lowest BCUT2D eigenvalue weighted by molar-refractivity contribution is -0.123. The van der Waals surface area contributed by atoms with Crippen LogP contribution in [0.1, 0.15) is 67.9 Å². The molecular weight excluding hydrogens is 528 g/mol. The predicted molar refractivity (Wildman–Crippen MR) is 151 cm³/mol. The molecule has 0 fully saturated rings. The first-order chi connectivity index (χ1) is 19.4. The van der Waals surface area contributed by atoms with Crippen LogP contribution in [0.5, 0.6) is 23.0 Å². The van der Waals surface area contributed by atoms with Crippen molar-refractivity contribution in [3.8, 4) is 23.0 Å². The molecule has 1 heterocycles. The SMILES string of the molecule is COc1cccc(NC(=O)CCCCCN/C(C)=C2\C(=O)C=C3Oc4c(C(C)=O)c(O)c(C)c(O)c4C3(C)C2=O)c1. The smallest absolute Gasteiger partial charge is 0.224 e. The summed E-state index contributed by atoms with van der Waals surface area (Å²) < 4.78 is 10.9.